The molecular formula is C24H26F4. The highest BCUT2D eigenvalue weighted by molar-refractivity contribution is 5.85. The Balaban J connectivity index is 2.21. The predicted molar refractivity (Wildman–Crippen MR) is 106 cm³/mol. The smallest absolute Gasteiger partial charge is 0.206 e. The Morgan fingerprint density at radius 1 is 0.964 bits per heavy atom. The molecule has 2 aromatic carbocycles. The summed E-state index contributed by atoms with van der Waals surface area (Å²) in [6.07, 6.45) is 0.393. The normalized spacial score (nSPS) is 16.5. The highest BCUT2D eigenvalue weighted by atomic mass is 19.4. The maximum Gasteiger partial charge on any atom is 0.416 e. The number of benzene rings is 2. The molecule has 0 unspecified atom stereocenters. The van der Waals surface area contributed by atoms with Crippen LogP contribution >= 0.6 is 0 Å². The fourth-order valence-corrected chi connectivity index (χ4v) is 4.02. The van der Waals surface area contributed by atoms with E-state index < -0.39 is 17.6 Å². The summed E-state index contributed by atoms with van der Waals surface area (Å²) in [6.45, 7) is 8.51. The van der Waals surface area contributed by atoms with Crippen LogP contribution in [-0.2, 0) is 12.6 Å². The Labute approximate surface area is 164 Å². The molecule has 1 aliphatic rings. The molecule has 0 saturated heterocycles. The van der Waals surface area contributed by atoms with E-state index in [0.717, 1.165) is 54.2 Å². The number of alkyl halides is 3. The van der Waals surface area contributed by atoms with E-state index in [2.05, 4.69) is 33.8 Å². The second-order valence-electron chi connectivity index (χ2n) is 8.71. The van der Waals surface area contributed by atoms with Crippen LogP contribution in [0.4, 0.5) is 17.6 Å². The number of allylic oxidation sites excluding steroid dienone is 2. The van der Waals surface area contributed by atoms with Gasteiger partial charge in [0.2, 0.25) is 0 Å². The third kappa shape index (κ3) is 4.16. The van der Waals surface area contributed by atoms with E-state index in [9.17, 15) is 17.6 Å². The van der Waals surface area contributed by atoms with Gasteiger partial charge in [0.1, 0.15) is 5.82 Å². The van der Waals surface area contributed by atoms with Crippen LogP contribution in [0.3, 0.4) is 0 Å². The van der Waals surface area contributed by atoms with Crippen molar-refractivity contribution in [2.75, 3.05) is 0 Å². The van der Waals surface area contributed by atoms with Gasteiger partial charge in [-0.25, -0.2) is 4.39 Å². The highest BCUT2D eigenvalue weighted by Gasteiger charge is 2.33. The summed E-state index contributed by atoms with van der Waals surface area (Å²) < 4.78 is 54.3. The van der Waals surface area contributed by atoms with E-state index in [1.807, 2.05) is 12.1 Å². The fourth-order valence-electron chi connectivity index (χ4n) is 4.02. The Morgan fingerprint density at radius 2 is 1.68 bits per heavy atom. The Kier molecular flexibility index (Phi) is 5.44. The minimum Gasteiger partial charge on any atom is -0.206 e. The zero-order valence-electron chi connectivity index (χ0n) is 16.8. The molecule has 0 aliphatic heterocycles. The van der Waals surface area contributed by atoms with Gasteiger partial charge in [0, 0.05) is 5.56 Å². The van der Waals surface area contributed by atoms with Crippen LogP contribution in [0.5, 0.6) is 0 Å². The first kappa shape index (κ1) is 20.6. The van der Waals surface area contributed by atoms with Crippen molar-refractivity contribution in [3.63, 3.8) is 0 Å². The summed E-state index contributed by atoms with van der Waals surface area (Å²) in [6, 6.07) is 8.36. The van der Waals surface area contributed by atoms with Crippen molar-refractivity contribution in [3.05, 3.63) is 65.0 Å². The molecule has 3 rings (SSSR count). The molecule has 2 aromatic rings. The van der Waals surface area contributed by atoms with Crippen molar-refractivity contribution < 1.29 is 17.6 Å². The van der Waals surface area contributed by atoms with Crippen molar-refractivity contribution in [1.29, 1.82) is 0 Å². The first-order valence-corrected chi connectivity index (χ1v) is 9.70. The van der Waals surface area contributed by atoms with Crippen LogP contribution < -0.4 is 0 Å². The van der Waals surface area contributed by atoms with Gasteiger partial charge in [0.15, 0.2) is 0 Å². The molecule has 0 heterocycles. The molecule has 150 valence electrons. The molecule has 0 N–H and O–H groups in total. The van der Waals surface area contributed by atoms with Gasteiger partial charge in [-0.15, -0.1) is 0 Å². The van der Waals surface area contributed by atoms with Crippen LogP contribution in [0.2, 0.25) is 0 Å². The number of hydrogen-bond donors (Lipinski definition) is 0. The maximum atomic E-state index is 14.6. The molecule has 0 radical (unpaired) electrons. The summed E-state index contributed by atoms with van der Waals surface area (Å²) in [5, 5.41) is 0. The van der Waals surface area contributed by atoms with Gasteiger partial charge in [0.25, 0.3) is 0 Å². The second kappa shape index (κ2) is 7.38. The molecule has 0 nitrogen and oxygen atoms in total. The van der Waals surface area contributed by atoms with Gasteiger partial charge in [-0.1, -0.05) is 52.0 Å². The van der Waals surface area contributed by atoms with Gasteiger partial charge < -0.3 is 0 Å². The SMILES string of the molecule is CC(C)Cc1ccc(-c2cc(C(F)(F)F)ccc2F)c(C2=CCCC2(C)C)c1. The summed E-state index contributed by atoms with van der Waals surface area (Å²) >= 11 is 0. The van der Waals surface area contributed by atoms with Gasteiger partial charge in [-0.3, -0.25) is 0 Å². The molecular weight excluding hydrogens is 364 g/mol. The predicted octanol–water partition coefficient (Wildman–Crippen LogP) is 7.91. The van der Waals surface area contributed by atoms with Gasteiger partial charge >= 0.3 is 6.18 Å². The van der Waals surface area contributed by atoms with Crippen molar-refractivity contribution in [1.82, 2.24) is 0 Å². The third-order valence-electron chi connectivity index (χ3n) is 5.45. The average Bonchev–Trinajstić information content (AvgIpc) is 2.93. The number of halogens is 4. The molecule has 0 fully saturated rings. The van der Waals surface area contributed by atoms with Crippen molar-refractivity contribution >= 4 is 5.57 Å². The van der Waals surface area contributed by atoms with Crippen LogP contribution in [0, 0.1) is 17.2 Å². The maximum absolute atomic E-state index is 14.6. The van der Waals surface area contributed by atoms with E-state index in [1.54, 1.807) is 6.07 Å². The van der Waals surface area contributed by atoms with Crippen molar-refractivity contribution in [2.45, 2.75) is 53.1 Å². The number of rotatable bonds is 4. The molecule has 0 atom stereocenters. The second-order valence-corrected chi connectivity index (χ2v) is 8.71. The van der Waals surface area contributed by atoms with Crippen LogP contribution in [0.25, 0.3) is 16.7 Å². The quantitative estimate of drug-likeness (QED) is 0.465. The fraction of sp³-hybridized carbons (Fsp3) is 0.417. The highest BCUT2D eigenvalue weighted by Crippen LogP contribution is 2.47. The summed E-state index contributed by atoms with van der Waals surface area (Å²) in [7, 11) is 0. The van der Waals surface area contributed by atoms with Crippen LogP contribution in [0.1, 0.15) is 57.2 Å². The molecule has 0 aromatic heterocycles. The topological polar surface area (TPSA) is 0 Å². The molecule has 0 bridgehead atoms. The summed E-state index contributed by atoms with van der Waals surface area (Å²) in [4.78, 5) is 0. The van der Waals surface area contributed by atoms with Crippen LogP contribution in [0.15, 0.2) is 42.5 Å². The zero-order chi connectivity index (χ0) is 20.7. The molecule has 0 saturated carbocycles. The first-order chi connectivity index (χ1) is 13.0. The number of hydrogen-bond acceptors (Lipinski definition) is 0. The van der Waals surface area contributed by atoms with Gasteiger partial charge in [-0.2, -0.15) is 13.2 Å². The molecule has 4 heteroatoms. The lowest BCUT2D eigenvalue weighted by molar-refractivity contribution is -0.137. The lowest BCUT2D eigenvalue weighted by Gasteiger charge is -2.26. The lowest BCUT2D eigenvalue weighted by Crippen LogP contribution is -2.11. The third-order valence-corrected chi connectivity index (χ3v) is 5.45. The average molecular weight is 390 g/mol. The van der Waals surface area contributed by atoms with E-state index in [4.69, 9.17) is 0 Å². The van der Waals surface area contributed by atoms with Crippen molar-refractivity contribution in [2.24, 2.45) is 11.3 Å². The summed E-state index contributed by atoms with van der Waals surface area (Å²) in [5.41, 5.74) is 2.65. The monoisotopic (exact) mass is 390 g/mol. The van der Waals surface area contributed by atoms with Crippen LogP contribution in [-0.4, -0.2) is 0 Å². The van der Waals surface area contributed by atoms with Gasteiger partial charge in [-0.05, 0) is 71.1 Å². The Bertz CT molecular complexity index is 901. The molecule has 28 heavy (non-hydrogen) atoms. The van der Waals surface area contributed by atoms with Crippen molar-refractivity contribution in [3.8, 4) is 11.1 Å². The van der Waals surface area contributed by atoms with E-state index in [0.29, 0.717) is 11.5 Å². The molecule has 0 amide bonds. The van der Waals surface area contributed by atoms with E-state index in [-0.39, 0.29) is 11.0 Å². The minimum absolute atomic E-state index is 0.00419. The molecule has 1 aliphatic carbocycles. The van der Waals surface area contributed by atoms with E-state index in [1.165, 1.54) is 0 Å². The first-order valence-electron chi connectivity index (χ1n) is 9.70. The lowest BCUT2D eigenvalue weighted by atomic mass is 9.78. The van der Waals surface area contributed by atoms with Gasteiger partial charge in [0.05, 0.1) is 5.56 Å². The van der Waals surface area contributed by atoms with E-state index >= 15 is 0 Å². The Hall–Kier alpha value is -2.10. The summed E-state index contributed by atoms with van der Waals surface area (Å²) in [5.74, 6) is -0.183. The zero-order valence-corrected chi connectivity index (χ0v) is 16.8. The minimum atomic E-state index is -4.51. The largest absolute Gasteiger partial charge is 0.416 e. The standard InChI is InChI=1S/C24H26F4/c1-15(2)12-16-7-9-18(19(13-16)21-6-5-11-23(21,3)4)20-14-17(24(26,27)28)8-10-22(20)25/h6-10,13-15H,5,11-12H2,1-4H3. The molecule has 0 spiro atoms. The Morgan fingerprint density at radius 3 is 2.25 bits per heavy atom.